The summed E-state index contributed by atoms with van der Waals surface area (Å²) < 4.78 is 9.70. The lowest BCUT2D eigenvalue weighted by atomic mass is 10.1. The smallest absolute Gasteiger partial charge is 0.322 e. The summed E-state index contributed by atoms with van der Waals surface area (Å²) in [7, 11) is 2.85. The van der Waals surface area contributed by atoms with Gasteiger partial charge in [0.05, 0.1) is 14.2 Å². The van der Waals surface area contributed by atoms with E-state index in [0.29, 0.717) is 17.9 Å². The predicted molar refractivity (Wildman–Crippen MR) is 61.1 cm³/mol. The van der Waals surface area contributed by atoms with Crippen molar-refractivity contribution in [1.82, 2.24) is 0 Å². The van der Waals surface area contributed by atoms with Gasteiger partial charge in [0.25, 0.3) is 0 Å². The fourth-order valence-electron chi connectivity index (χ4n) is 1.40. The molecule has 1 rings (SSSR count). The second-order valence-corrected chi connectivity index (χ2v) is 3.41. The molecule has 0 saturated carbocycles. The van der Waals surface area contributed by atoms with Crippen LogP contribution in [0.3, 0.4) is 0 Å². The molecule has 5 nitrogen and oxygen atoms in total. The first kappa shape index (κ1) is 12.3. The van der Waals surface area contributed by atoms with Crippen LogP contribution in [0.25, 0.3) is 0 Å². The van der Waals surface area contributed by atoms with Crippen molar-refractivity contribution < 1.29 is 14.3 Å². The van der Waals surface area contributed by atoms with Gasteiger partial charge in [-0.1, -0.05) is 6.07 Å². The topological polar surface area (TPSA) is 87.6 Å². The fourth-order valence-corrected chi connectivity index (χ4v) is 1.40. The van der Waals surface area contributed by atoms with E-state index in [1.54, 1.807) is 25.3 Å². The molecule has 0 amide bonds. The Bertz CT molecular complexity index is 379. The minimum absolute atomic E-state index is 0.357. The third kappa shape index (κ3) is 2.87. The van der Waals surface area contributed by atoms with E-state index < -0.39 is 12.0 Å². The number of ether oxygens (including phenoxy) is 2. The molecule has 0 radical (unpaired) electrons. The van der Waals surface area contributed by atoms with E-state index in [2.05, 4.69) is 4.74 Å². The van der Waals surface area contributed by atoms with Gasteiger partial charge in [-0.15, -0.1) is 0 Å². The van der Waals surface area contributed by atoms with Crippen LogP contribution in [0.2, 0.25) is 0 Å². The molecule has 1 aromatic carbocycles. The number of carbonyl (C=O) groups excluding carboxylic acids is 1. The highest BCUT2D eigenvalue weighted by Gasteiger charge is 2.16. The summed E-state index contributed by atoms with van der Waals surface area (Å²) in [5, 5.41) is 0. The quantitative estimate of drug-likeness (QED) is 0.568. The predicted octanol–water partition coefficient (Wildman–Crippen LogP) is 0.320. The van der Waals surface area contributed by atoms with Crippen molar-refractivity contribution in [2.45, 2.75) is 12.5 Å². The van der Waals surface area contributed by atoms with Crippen molar-refractivity contribution in [2.24, 2.45) is 5.73 Å². The second kappa shape index (κ2) is 5.37. The number of anilines is 1. The Balaban J connectivity index is 2.84. The fraction of sp³-hybridized carbons (Fsp3) is 0.364. The van der Waals surface area contributed by atoms with Crippen LogP contribution in [0.15, 0.2) is 18.2 Å². The van der Waals surface area contributed by atoms with E-state index in [-0.39, 0.29) is 0 Å². The molecule has 0 aromatic heterocycles. The summed E-state index contributed by atoms with van der Waals surface area (Å²) in [6, 6.07) is 4.53. The second-order valence-electron chi connectivity index (χ2n) is 3.41. The minimum Gasteiger partial charge on any atom is -0.496 e. The summed E-state index contributed by atoms with van der Waals surface area (Å²) >= 11 is 0. The van der Waals surface area contributed by atoms with Gasteiger partial charge in [0.15, 0.2) is 0 Å². The van der Waals surface area contributed by atoms with Crippen LogP contribution in [0.1, 0.15) is 5.56 Å². The summed E-state index contributed by atoms with van der Waals surface area (Å²) in [5.74, 6) is 0.179. The Kier molecular flexibility index (Phi) is 4.13. The first-order valence-corrected chi connectivity index (χ1v) is 4.84. The Hall–Kier alpha value is -1.75. The van der Waals surface area contributed by atoms with E-state index in [0.717, 1.165) is 5.56 Å². The van der Waals surface area contributed by atoms with Crippen LogP contribution < -0.4 is 16.2 Å². The van der Waals surface area contributed by atoms with Gasteiger partial charge in [0.2, 0.25) is 0 Å². The third-order valence-electron chi connectivity index (χ3n) is 2.25. The lowest BCUT2D eigenvalue weighted by molar-refractivity contribution is -0.142. The van der Waals surface area contributed by atoms with Crippen LogP contribution in [-0.2, 0) is 16.0 Å². The molecule has 0 aliphatic rings. The molecule has 1 aromatic rings. The maximum atomic E-state index is 11.2. The molecule has 88 valence electrons. The molecule has 0 unspecified atom stereocenters. The normalized spacial score (nSPS) is 11.9. The zero-order chi connectivity index (χ0) is 12.1. The van der Waals surface area contributed by atoms with Crippen molar-refractivity contribution in [3.63, 3.8) is 0 Å². The van der Waals surface area contributed by atoms with Crippen LogP contribution in [0.5, 0.6) is 5.75 Å². The maximum absolute atomic E-state index is 11.2. The van der Waals surface area contributed by atoms with Crippen LogP contribution in [0, 0.1) is 0 Å². The number of benzene rings is 1. The highest BCUT2D eigenvalue weighted by molar-refractivity contribution is 5.76. The molecular weight excluding hydrogens is 208 g/mol. The molecule has 0 saturated heterocycles. The van der Waals surface area contributed by atoms with E-state index in [1.807, 2.05) is 0 Å². The zero-order valence-electron chi connectivity index (χ0n) is 9.40. The monoisotopic (exact) mass is 224 g/mol. The number of carbonyl (C=O) groups is 1. The molecule has 16 heavy (non-hydrogen) atoms. The summed E-state index contributed by atoms with van der Waals surface area (Å²) in [5.41, 5.74) is 12.7. The van der Waals surface area contributed by atoms with Crippen LogP contribution >= 0.6 is 0 Å². The molecule has 5 heteroatoms. The molecule has 0 heterocycles. The molecule has 1 atom stereocenters. The Morgan fingerprint density at radius 1 is 1.44 bits per heavy atom. The highest BCUT2D eigenvalue weighted by Crippen LogP contribution is 2.22. The van der Waals surface area contributed by atoms with Gasteiger partial charge in [0.1, 0.15) is 11.8 Å². The third-order valence-corrected chi connectivity index (χ3v) is 2.25. The average Bonchev–Trinajstić information content (AvgIpc) is 2.30. The Morgan fingerprint density at radius 2 is 2.12 bits per heavy atom. The first-order valence-electron chi connectivity index (χ1n) is 4.84. The number of nitrogens with two attached hydrogens (primary N) is 2. The van der Waals surface area contributed by atoms with Gasteiger partial charge < -0.3 is 20.9 Å². The lowest BCUT2D eigenvalue weighted by Crippen LogP contribution is -2.33. The van der Waals surface area contributed by atoms with E-state index in [4.69, 9.17) is 16.2 Å². The van der Waals surface area contributed by atoms with E-state index in [1.165, 1.54) is 7.11 Å². The first-order chi connectivity index (χ1) is 7.58. The molecule has 4 N–H and O–H groups in total. The molecule has 0 bridgehead atoms. The van der Waals surface area contributed by atoms with Gasteiger partial charge in [0, 0.05) is 18.2 Å². The summed E-state index contributed by atoms with van der Waals surface area (Å²) in [6.07, 6.45) is 0.357. The molecular formula is C11H16N2O3. The van der Waals surface area contributed by atoms with Gasteiger partial charge >= 0.3 is 5.97 Å². The van der Waals surface area contributed by atoms with Gasteiger partial charge in [-0.25, -0.2) is 0 Å². The number of hydrogen-bond donors (Lipinski definition) is 2. The van der Waals surface area contributed by atoms with E-state index >= 15 is 0 Å². The van der Waals surface area contributed by atoms with E-state index in [9.17, 15) is 4.79 Å². The number of hydrogen-bond acceptors (Lipinski definition) is 5. The van der Waals surface area contributed by atoms with Crippen molar-refractivity contribution >= 4 is 11.7 Å². The molecule has 0 fully saturated rings. The number of esters is 1. The van der Waals surface area contributed by atoms with Crippen molar-refractivity contribution in [1.29, 1.82) is 0 Å². The van der Waals surface area contributed by atoms with Crippen molar-refractivity contribution in [2.75, 3.05) is 20.0 Å². The van der Waals surface area contributed by atoms with Crippen LogP contribution in [0.4, 0.5) is 5.69 Å². The number of nitrogen functional groups attached to an aromatic ring is 1. The lowest BCUT2D eigenvalue weighted by Gasteiger charge is -2.12. The summed E-state index contributed by atoms with van der Waals surface area (Å²) in [4.78, 5) is 11.2. The molecule has 0 aliphatic heterocycles. The number of methoxy groups -OCH3 is 2. The molecule has 0 aliphatic carbocycles. The Morgan fingerprint density at radius 3 is 2.69 bits per heavy atom. The largest absolute Gasteiger partial charge is 0.496 e. The van der Waals surface area contributed by atoms with Gasteiger partial charge in [-0.05, 0) is 11.6 Å². The van der Waals surface area contributed by atoms with Crippen molar-refractivity contribution in [3.8, 4) is 5.75 Å². The highest BCUT2D eigenvalue weighted by atomic mass is 16.5. The SMILES string of the molecule is COC(=O)[C@@H](N)Cc1ccc(N)cc1OC. The van der Waals surface area contributed by atoms with Crippen molar-refractivity contribution in [3.05, 3.63) is 23.8 Å². The zero-order valence-corrected chi connectivity index (χ0v) is 9.40. The Labute approximate surface area is 94.3 Å². The summed E-state index contributed by atoms with van der Waals surface area (Å²) in [6.45, 7) is 0. The molecule has 0 spiro atoms. The van der Waals surface area contributed by atoms with Gasteiger partial charge in [-0.2, -0.15) is 0 Å². The maximum Gasteiger partial charge on any atom is 0.322 e. The minimum atomic E-state index is -0.692. The average molecular weight is 224 g/mol. The standard InChI is InChI=1S/C11H16N2O3/c1-15-10-6-8(12)4-3-7(10)5-9(13)11(14)16-2/h3-4,6,9H,5,12-13H2,1-2H3/t9-/m0/s1. The van der Waals surface area contributed by atoms with Crippen LogP contribution in [-0.4, -0.2) is 26.2 Å². The number of rotatable bonds is 4. The van der Waals surface area contributed by atoms with Gasteiger partial charge in [-0.3, -0.25) is 4.79 Å².